The minimum absolute atomic E-state index is 0.0836. The van der Waals surface area contributed by atoms with Crippen LogP contribution in [0.5, 0.6) is 5.75 Å². The number of fused-ring (bicyclic) bond motifs is 1. The number of benzene rings is 1. The number of nitrogens with one attached hydrogen (secondary N) is 1. The SMILES string of the molecule is CCOc1ccc(CCNC(=O)c2csc3c2CCCCC3)cc1. The molecule has 2 aromatic rings. The summed E-state index contributed by atoms with van der Waals surface area (Å²) >= 11 is 1.75. The second kappa shape index (κ2) is 8.34. The topological polar surface area (TPSA) is 38.3 Å². The Morgan fingerprint density at radius 1 is 1.17 bits per heavy atom. The molecule has 128 valence electrons. The van der Waals surface area contributed by atoms with E-state index in [9.17, 15) is 4.79 Å². The summed E-state index contributed by atoms with van der Waals surface area (Å²) in [5.74, 6) is 0.978. The highest BCUT2D eigenvalue weighted by atomic mass is 32.1. The maximum absolute atomic E-state index is 12.5. The number of carbonyl (C=O) groups is 1. The van der Waals surface area contributed by atoms with Crippen LogP contribution >= 0.6 is 11.3 Å². The van der Waals surface area contributed by atoms with E-state index in [4.69, 9.17) is 4.74 Å². The lowest BCUT2D eigenvalue weighted by molar-refractivity contribution is 0.0953. The largest absolute Gasteiger partial charge is 0.494 e. The molecule has 1 aliphatic rings. The van der Waals surface area contributed by atoms with Gasteiger partial charge in [0.1, 0.15) is 5.75 Å². The summed E-state index contributed by atoms with van der Waals surface area (Å²) in [6.45, 7) is 3.33. The molecule has 1 N–H and O–H groups in total. The number of thiophene rings is 1. The molecule has 0 radical (unpaired) electrons. The molecular formula is C20H25NO2S. The van der Waals surface area contributed by atoms with Crippen molar-refractivity contribution in [2.75, 3.05) is 13.2 Å². The van der Waals surface area contributed by atoms with E-state index in [-0.39, 0.29) is 5.91 Å². The molecule has 0 atom stereocenters. The zero-order valence-corrected chi connectivity index (χ0v) is 15.1. The van der Waals surface area contributed by atoms with Crippen LogP contribution in [0, 0.1) is 0 Å². The fourth-order valence-corrected chi connectivity index (χ4v) is 4.32. The number of amides is 1. The maximum atomic E-state index is 12.5. The lowest BCUT2D eigenvalue weighted by Crippen LogP contribution is -2.26. The van der Waals surface area contributed by atoms with E-state index in [1.54, 1.807) is 11.3 Å². The van der Waals surface area contributed by atoms with E-state index in [2.05, 4.69) is 17.4 Å². The number of hydrogen-bond acceptors (Lipinski definition) is 3. The third-order valence-electron chi connectivity index (χ3n) is 4.49. The van der Waals surface area contributed by atoms with Crippen molar-refractivity contribution in [2.24, 2.45) is 0 Å². The first kappa shape index (κ1) is 17.0. The molecule has 0 saturated heterocycles. The van der Waals surface area contributed by atoms with E-state index in [0.29, 0.717) is 13.2 Å². The van der Waals surface area contributed by atoms with Gasteiger partial charge in [-0.3, -0.25) is 4.79 Å². The fourth-order valence-electron chi connectivity index (χ4n) is 3.20. The van der Waals surface area contributed by atoms with Gasteiger partial charge in [0.15, 0.2) is 0 Å². The van der Waals surface area contributed by atoms with Crippen LogP contribution in [-0.2, 0) is 19.3 Å². The van der Waals surface area contributed by atoms with Gasteiger partial charge in [-0.2, -0.15) is 0 Å². The van der Waals surface area contributed by atoms with Gasteiger partial charge in [0.25, 0.3) is 5.91 Å². The molecule has 4 heteroatoms. The maximum Gasteiger partial charge on any atom is 0.252 e. The molecule has 0 unspecified atom stereocenters. The first-order valence-corrected chi connectivity index (χ1v) is 9.75. The van der Waals surface area contributed by atoms with Crippen LogP contribution in [0.4, 0.5) is 0 Å². The van der Waals surface area contributed by atoms with Gasteiger partial charge in [-0.05, 0) is 62.3 Å². The number of carbonyl (C=O) groups excluding carboxylic acids is 1. The molecule has 1 aromatic heterocycles. The molecule has 24 heavy (non-hydrogen) atoms. The first-order valence-electron chi connectivity index (χ1n) is 8.87. The van der Waals surface area contributed by atoms with Gasteiger partial charge in [-0.15, -0.1) is 11.3 Å². The molecular weight excluding hydrogens is 318 g/mol. The van der Waals surface area contributed by atoms with Gasteiger partial charge in [-0.25, -0.2) is 0 Å². The summed E-state index contributed by atoms with van der Waals surface area (Å²) < 4.78 is 5.45. The molecule has 3 nitrogen and oxygen atoms in total. The van der Waals surface area contributed by atoms with Gasteiger partial charge in [0.2, 0.25) is 0 Å². The molecule has 0 spiro atoms. The fraction of sp³-hybridized carbons (Fsp3) is 0.450. The van der Waals surface area contributed by atoms with Gasteiger partial charge < -0.3 is 10.1 Å². The van der Waals surface area contributed by atoms with Gasteiger partial charge in [0, 0.05) is 16.8 Å². The van der Waals surface area contributed by atoms with E-state index < -0.39 is 0 Å². The second-order valence-electron chi connectivity index (χ2n) is 6.19. The highest BCUT2D eigenvalue weighted by Gasteiger charge is 2.18. The van der Waals surface area contributed by atoms with Crippen LogP contribution in [0.1, 0.15) is 52.5 Å². The molecule has 1 heterocycles. The number of aryl methyl sites for hydroxylation is 1. The normalized spacial score (nSPS) is 13.9. The van der Waals surface area contributed by atoms with Crippen molar-refractivity contribution in [1.29, 1.82) is 0 Å². The van der Waals surface area contributed by atoms with Crippen LogP contribution in [0.3, 0.4) is 0 Å². The first-order chi connectivity index (χ1) is 11.8. The Bertz CT molecular complexity index is 675. The van der Waals surface area contributed by atoms with E-state index in [1.165, 1.54) is 35.3 Å². The summed E-state index contributed by atoms with van der Waals surface area (Å²) in [4.78, 5) is 13.9. The Kier molecular flexibility index (Phi) is 5.91. The summed E-state index contributed by atoms with van der Waals surface area (Å²) in [5.41, 5.74) is 3.42. The quantitative estimate of drug-likeness (QED) is 0.790. The second-order valence-corrected chi connectivity index (χ2v) is 7.16. The number of rotatable bonds is 6. The molecule has 1 amide bonds. The molecule has 3 rings (SSSR count). The smallest absolute Gasteiger partial charge is 0.252 e. The Morgan fingerprint density at radius 3 is 2.75 bits per heavy atom. The molecule has 0 bridgehead atoms. The highest BCUT2D eigenvalue weighted by Crippen LogP contribution is 2.29. The van der Waals surface area contributed by atoms with Crippen molar-refractivity contribution >= 4 is 17.2 Å². The van der Waals surface area contributed by atoms with E-state index in [0.717, 1.165) is 30.6 Å². The van der Waals surface area contributed by atoms with Crippen LogP contribution in [0.15, 0.2) is 29.6 Å². The van der Waals surface area contributed by atoms with Gasteiger partial charge in [-0.1, -0.05) is 18.6 Å². The lowest BCUT2D eigenvalue weighted by Gasteiger charge is -2.08. The molecule has 0 saturated carbocycles. The van der Waals surface area contributed by atoms with Crippen LogP contribution in [0.2, 0.25) is 0 Å². The summed E-state index contributed by atoms with van der Waals surface area (Å²) in [5, 5.41) is 5.12. The van der Waals surface area contributed by atoms with E-state index >= 15 is 0 Å². The van der Waals surface area contributed by atoms with Crippen LogP contribution < -0.4 is 10.1 Å². The van der Waals surface area contributed by atoms with Gasteiger partial charge >= 0.3 is 0 Å². The van der Waals surface area contributed by atoms with Crippen LogP contribution in [0.25, 0.3) is 0 Å². The number of ether oxygens (including phenoxy) is 1. The van der Waals surface area contributed by atoms with Gasteiger partial charge in [0.05, 0.1) is 12.2 Å². The Labute approximate surface area is 148 Å². The van der Waals surface area contributed by atoms with Crippen molar-refractivity contribution in [1.82, 2.24) is 5.32 Å². The zero-order valence-electron chi connectivity index (χ0n) is 14.3. The summed E-state index contributed by atoms with van der Waals surface area (Å²) in [6.07, 6.45) is 6.77. The molecule has 1 aromatic carbocycles. The third-order valence-corrected chi connectivity index (χ3v) is 5.58. The average molecular weight is 343 g/mol. The highest BCUT2D eigenvalue weighted by molar-refractivity contribution is 7.10. The average Bonchev–Trinajstić information content (AvgIpc) is 2.85. The molecule has 1 aliphatic carbocycles. The predicted molar refractivity (Wildman–Crippen MR) is 99.2 cm³/mol. The monoisotopic (exact) mass is 343 g/mol. The number of hydrogen-bond donors (Lipinski definition) is 1. The standard InChI is InChI=1S/C20H25NO2S/c1-2-23-16-10-8-15(9-11-16)12-13-21-20(22)18-14-24-19-7-5-3-4-6-17(18)19/h8-11,14H,2-7,12-13H2,1H3,(H,21,22). The summed E-state index contributed by atoms with van der Waals surface area (Å²) in [7, 11) is 0. The van der Waals surface area contributed by atoms with Crippen molar-refractivity contribution in [3.05, 3.63) is 51.2 Å². The van der Waals surface area contributed by atoms with Crippen molar-refractivity contribution < 1.29 is 9.53 Å². The van der Waals surface area contributed by atoms with E-state index in [1.807, 2.05) is 24.4 Å². The Morgan fingerprint density at radius 2 is 1.96 bits per heavy atom. The van der Waals surface area contributed by atoms with Crippen molar-refractivity contribution in [3.8, 4) is 5.75 Å². The Balaban J connectivity index is 1.53. The summed E-state index contributed by atoms with van der Waals surface area (Å²) in [6, 6.07) is 8.10. The molecule has 0 aliphatic heterocycles. The van der Waals surface area contributed by atoms with Crippen molar-refractivity contribution in [3.63, 3.8) is 0 Å². The van der Waals surface area contributed by atoms with Crippen molar-refractivity contribution in [2.45, 2.75) is 45.4 Å². The van der Waals surface area contributed by atoms with Crippen LogP contribution in [-0.4, -0.2) is 19.1 Å². The third kappa shape index (κ3) is 4.18. The zero-order chi connectivity index (χ0) is 16.8. The minimum atomic E-state index is 0.0836. The molecule has 0 fully saturated rings. The minimum Gasteiger partial charge on any atom is -0.494 e. The lowest BCUT2D eigenvalue weighted by atomic mass is 10.1. The Hall–Kier alpha value is -1.81. The predicted octanol–water partition coefficient (Wildman–Crippen LogP) is 4.39.